The van der Waals surface area contributed by atoms with Crippen molar-refractivity contribution in [1.82, 2.24) is 0 Å². The highest BCUT2D eigenvalue weighted by molar-refractivity contribution is 7.92. The van der Waals surface area contributed by atoms with E-state index in [9.17, 15) is 18.0 Å². The molecule has 0 spiro atoms. The minimum atomic E-state index is -4.19. The predicted molar refractivity (Wildman–Crippen MR) is 121 cm³/mol. The van der Waals surface area contributed by atoms with Crippen LogP contribution in [0.25, 0.3) is 0 Å². The normalized spacial score (nSPS) is 13.5. The number of hydrogen-bond donors (Lipinski definition) is 1. The topological polar surface area (TPSA) is 80.3 Å². The molecular formula is C24H20ClNO4S. The molecule has 0 saturated carbocycles. The Morgan fingerprint density at radius 1 is 0.806 bits per heavy atom. The average Bonchev–Trinajstić information content (AvgIpc) is 2.72. The molecule has 5 nitrogen and oxygen atoms in total. The number of rotatable bonds is 3. The van der Waals surface area contributed by atoms with E-state index in [-0.39, 0.29) is 49.1 Å². The summed E-state index contributed by atoms with van der Waals surface area (Å²) in [5, 5.41) is 0.244. The molecule has 0 heterocycles. The highest BCUT2D eigenvalue weighted by atomic mass is 35.5. The summed E-state index contributed by atoms with van der Waals surface area (Å²) in [4.78, 5) is 25.8. The second-order valence-corrected chi connectivity index (χ2v) is 10.5. The lowest BCUT2D eigenvalue weighted by Gasteiger charge is -2.22. The Labute approximate surface area is 186 Å². The summed E-state index contributed by atoms with van der Waals surface area (Å²) < 4.78 is 28.9. The molecule has 1 N–H and O–H groups in total. The fourth-order valence-corrected chi connectivity index (χ4v) is 5.19. The fourth-order valence-electron chi connectivity index (χ4n) is 3.60. The van der Waals surface area contributed by atoms with Crippen LogP contribution in [0.5, 0.6) is 0 Å². The Bertz CT molecular complexity index is 1350. The van der Waals surface area contributed by atoms with Crippen molar-refractivity contribution in [1.29, 1.82) is 0 Å². The van der Waals surface area contributed by atoms with Gasteiger partial charge in [-0.15, -0.1) is 0 Å². The summed E-state index contributed by atoms with van der Waals surface area (Å²) in [5.74, 6) is -0.879. The van der Waals surface area contributed by atoms with Crippen LogP contribution in [-0.2, 0) is 15.4 Å². The van der Waals surface area contributed by atoms with Gasteiger partial charge in [-0.2, -0.15) is 0 Å². The first-order valence-corrected chi connectivity index (χ1v) is 11.5. The van der Waals surface area contributed by atoms with Crippen LogP contribution in [0.2, 0.25) is 5.02 Å². The summed E-state index contributed by atoms with van der Waals surface area (Å²) in [7, 11) is -4.19. The first-order valence-electron chi connectivity index (χ1n) is 9.65. The minimum absolute atomic E-state index is 0.0701. The predicted octanol–water partition coefficient (Wildman–Crippen LogP) is 5.21. The lowest BCUT2D eigenvalue weighted by Crippen LogP contribution is -2.25. The molecule has 0 aromatic heterocycles. The van der Waals surface area contributed by atoms with Gasteiger partial charge in [-0.05, 0) is 29.2 Å². The standard InChI is InChI=1S/C24H20ClNO4S/c1-24(2,3)14-11-12-19(18(25)13-14)26-31(29,30)20-10-6-9-17-21(20)23(28)16-8-5-4-7-15(16)22(17)27/h4-13,26H,1-3H3. The van der Waals surface area contributed by atoms with Gasteiger partial charge in [-0.25, -0.2) is 8.42 Å². The molecule has 31 heavy (non-hydrogen) atoms. The third-order valence-corrected chi connectivity index (χ3v) is 7.00. The van der Waals surface area contributed by atoms with E-state index in [1.165, 1.54) is 24.3 Å². The van der Waals surface area contributed by atoms with Gasteiger partial charge in [0.25, 0.3) is 10.0 Å². The molecule has 0 amide bonds. The van der Waals surface area contributed by atoms with Gasteiger partial charge in [0.15, 0.2) is 11.6 Å². The zero-order valence-electron chi connectivity index (χ0n) is 17.2. The van der Waals surface area contributed by atoms with Gasteiger partial charge in [0.2, 0.25) is 0 Å². The second kappa shape index (κ2) is 7.32. The van der Waals surface area contributed by atoms with Crippen LogP contribution in [0.15, 0.2) is 65.6 Å². The minimum Gasteiger partial charge on any atom is -0.289 e. The van der Waals surface area contributed by atoms with Gasteiger partial charge in [0.1, 0.15) is 0 Å². The van der Waals surface area contributed by atoms with Gasteiger partial charge < -0.3 is 0 Å². The number of carbonyl (C=O) groups is 2. The first kappa shape index (κ1) is 21.3. The molecule has 0 saturated heterocycles. The molecule has 4 rings (SSSR count). The van der Waals surface area contributed by atoms with Gasteiger partial charge in [0.05, 0.1) is 21.2 Å². The maximum atomic E-state index is 13.2. The van der Waals surface area contributed by atoms with E-state index < -0.39 is 15.8 Å². The molecule has 3 aromatic carbocycles. The molecule has 1 aliphatic carbocycles. The molecule has 0 unspecified atom stereocenters. The van der Waals surface area contributed by atoms with Crippen LogP contribution in [0.4, 0.5) is 5.69 Å². The van der Waals surface area contributed by atoms with E-state index in [0.29, 0.717) is 0 Å². The summed E-state index contributed by atoms with van der Waals surface area (Å²) in [6.07, 6.45) is 0. The van der Waals surface area contributed by atoms with Crippen LogP contribution < -0.4 is 4.72 Å². The molecule has 1 aliphatic rings. The molecule has 0 fully saturated rings. The number of nitrogens with one attached hydrogen (secondary N) is 1. The Balaban J connectivity index is 1.80. The van der Waals surface area contributed by atoms with Crippen molar-refractivity contribution < 1.29 is 18.0 Å². The molecule has 0 bridgehead atoms. The highest BCUT2D eigenvalue weighted by Crippen LogP contribution is 2.34. The van der Waals surface area contributed by atoms with E-state index in [0.717, 1.165) is 5.56 Å². The molecular weight excluding hydrogens is 434 g/mol. The number of halogens is 1. The van der Waals surface area contributed by atoms with Crippen LogP contribution in [0, 0.1) is 0 Å². The SMILES string of the molecule is CC(C)(C)c1ccc(NS(=O)(=O)c2cccc3c2C(=O)c2ccccc2C3=O)c(Cl)c1. The maximum absolute atomic E-state index is 13.2. The Morgan fingerprint density at radius 3 is 2.03 bits per heavy atom. The van der Waals surface area contributed by atoms with E-state index >= 15 is 0 Å². The van der Waals surface area contributed by atoms with Crippen molar-refractivity contribution in [2.24, 2.45) is 0 Å². The molecule has 0 aliphatic heterocycles. The smallest absolute Gasteiger partial charge is 0.262 e. The Hall–Kier alpha value is -2.96. The van der Waals surface area contributed by atoms with Gasteiger partial charge in [-0.1, -0.05) is 74.8 Å². The van der Waals surface area contributed by atoms with Crippen molar-refractivity contribution in [2.45, 2.75) is 31.1 Å². The monoisotopic (exact) mass is 453 g/mol. The zero-order chi connectivity index (χ0) is 22.6. The third-order valence-electron chi connectivity index (χ3n) is 5.28. The second-order valence-electron chi connectivity index (χ2n) is 8.43. The number of ketones is 2. The van der Waals surface area contributed by atoms with Crippen LogP contribution in [0.3, 0.4) is 0 Å². The summed E-state index contributed by atoms with van der Waals surface area (Å²) >= 11 is 6.34. The molecule has 3 aromatic rings. The van der Waals surface area contributed by atoms with Crippen LogP contribution in [-0.4, -0.2) is 20.0 Å². The molecule has 0 atom stereocenters. The Morgan fingerprint density at radius 2 is 1.42 bits per heavy atom. The molecule has 158 valence electrons. The van der Waals surface area contributed by atoms with Crippen molar-refractivity contribution >= 4 is 38.9 Å². The molecule has 0 radical (unpaired) electrons. The van der Waals surface area contributed by atoms with Crippen molar-refractivity contribution in [3.05, 3.63) is 93.5 Å². The number of sulfonamides is 1. The quantitative estimate of drug-likeness (QED) is 0.461. The number of benzene rings is 3. The van der Waals surface area contributed by atoms with Crippen molar-refractivity contribution in [3.8, 4) is 0 Å². The largest absolute Gasteiger partial charge is 0.289 e. The highest BCUT2D eigenvalue weighted by Gasteiger charge is 2.35. The number of carbonyl (C=O) groups excluding carboxylic acids is 2. The Kier molecular flexibility index (Phi) is 5.03. The average molecular weight is 454 g/mol. The number of hydrogen-bond acceptors (Lipinski definition) is 4. The zero-order valence-corrected chi connectivity index (χ0v) is 18.8. The third kappa shape index (κ3) is 3.66. The van der Waals surface area contributed by atoms with E-state index in [1.807, 2.05) is 20.8 Å². The van der Waals surface area contributed by atoms with Gasteiger partial charge in [-0.3, -0.25) is 14.3 Å². The first-order chi connectivity index (χ1) is 14.5. The lowest BCUT2D eigenvalue weighted by atomic mass is 9.84. The van der Waals surface area contributed by atoms with Crippen LogP contribution >= 0.6 is 11.6 Å². The van der Waals surface area contributed by atoms with E-state index in [1.54, 1.807) is 36.4 Å². The lowest BCUT2D eigenvalue weighted by molar-refractivity contribution is 0.0976. The van der Waals surface area contributed by atoms with E-state index in [2.05, 4.69) is 4.72 Å². The summed E-state index contributed by atoms with van der Waals surface area (Å²) in [6.45, 7) is 6.08. The fraction of sp³-hybridized carbons (Fsp3) is 0.167. The van der Waals surface area contributed by atoms with Gasteiger partial charge in [0, 0.05) is 16.7 Å². The van der Waals surface area contributed by atoms with Gasteiger partial charge >= 0.3 is 0 Å². The maximum Gasteiger partial charge on any atom is 0.262 e. The molecule has 7 heteroatoms. The number of anilines is 1. The summed E-state index contributed by atoms with van der Waals surface area (Å²) in [6, 6.07) is 15.7. The van der Waals surface area contributed by atoms with Crippen molar-refractivity contribution in [2.75, 3.05) is 4.72 Å². The van der Waals surface area contributed by atoms with Crippen LogP contribution in [0.1, 0.15) is 58.2 Å². The van der Waals surface area contributed by atoms with Crippen molar-refractivity contribution in [3.63, 3.8) is 0 Å². The van der Waals surface area contributed by atoms with E-state index in [4.69, 9.17) is 11.6 Å². The summed E-state index contributed by atoms with van der Waals surface area (Å²) in [5.41, 5.74) is 1.40. The number of fused-ring (bicyclic) bond motifs is 2.